The zero-order chi connectivity index (χ0) is 24.7. The summed E-state index contributed by atoms with van der Waals surface area (Å²) in [4.78, 5) is 71.5. The van der Waals surface area contributed by atoms with E-state index in [1.807, 2.05) is 0 Å². The third-order valence-electron chi connectivity index (χ3n) is 4.53. The van der Waals surface area contributed by atoms with Gasteiger partial charge in [-0.05, 0) is 30.7 Å². The molecule has 1 amide bonds. The number of hydrogen-bond acceptors (Lipinski definition) is 11. The number of esters is 1. The molecule has 1 aromatic carbocycles. The smallest absolute Gasteiger partial charge is 0.326 e. The molecular formula is C20H19N7O7. The molecule has 0 radical (unpaired) electrons. The van der Waals surface area contributed by atoms with Crippen LogP contribution in [0.15, 0.2) is 35.3 Å². The van der Waals surface area contributed by atoms with Gasteiger partial charge in [0.2, 0.25) is 5.95 Å². The van der Waals surface area contributed by atoms with Crippen molar-refractivity contribution >= 4 is 47.1 Å². The van der Waals surface area contributed by atoms with E-state index < -0.39 is 29.4 Å². The molecular weight excluding hydrogens is 450 g/mol. The van der Waals surface area contributed by atoms with E-state index in [9.17, 15) is 29.1 Å². The van der Waals surface area contributed by atoms with Crippen LogP contribution >= 0.6 is 0 Å². The van der Waals surface area contributed by atoms with Crippen molar-refractivity contribution in [3.63, 3.8) is 0 Å². The minimum Gasteiger partial charge on any atom is -0.480 e. The number of nitrogen functional groups attached to an aromatic ring is 1. The summed E-state index contributed by atoms with van der Waals surface area (Å²) in [5.41, 5.74) is 6.41. The lowest BCUT2D eigenvalue weighted by atomic mass is 10.1. The van der Waals surface area contributed by atoms with Gasteiger partial charge in [-0.25, -0.2) is 14.8 Å². The van der Waals surface area contributed by atoms with Crippen molar-refractivity contribution in [2.75, 3.05) is 11.1 Å². The fourth-order valence-electron chi connectivity index (χ4n) is 2.86. The largest absolute Gasteiger partial charge is 0.480 e. The van der Waals surface area contributed by atoms with Gasteiger partial charge in [0.15, 0.2) is 11.2 Å². The molecule has 6 N–H and O–H groups in total. The van der Waals surface area contributed by atoms with Crippen LogP contribution in [0.25, 0.3) is 11.2 Å². The number of rotatable bonds is 10. The van der Waals surface area contributed by atoms with Crippen LogP contribution in [-0.2, 0) is 25.7 Å². The Bertz CT molecular complexity index is 1290. The molecule has 0 spiro atoms. The molecule has 0 bridgehead atoms. The van der Waals surface area contributed by atoms with Crippen molar-refractivity contribution in [2.24, 2.45) is 0 Å². The summed E-state index contributed by atoms with van der Waals surface area (Å²) in [6.07, 6.45) is 0.844. The average molecular weight is 469 g/mol. The van der Waals surface area contributed by atoms with Gasteiger partial charge in [0.1, 0.15) is 6.04 Å². The van der Waals surface area contributed by atoms with E-state index >= 15 is 0 Å². The summed E-state index contributed by atoms with van der Waals surface area (Å²) in [5.74, 6) is -2.95. The molecule has 0 aliphatic rings. The first kappa shape index (κ1) is 23.8. The quantitative estimate of drug-likeness (QED) is 0.145. The number of fused-ring (bicyclic) bond motifs is 1. The topological polar surface area (TPSA) is 219 Å². The molecule has 3 aromatic rings. The van der Waals surface area contributed by atoms with Crippen LogP contribution in [0, 0.1) is 0 Å². The monoisotopic (exact) mass is 469 g/mol. The maximum absolute atomic E-state index is 12.4. The molecule has 0 fully saturated rings. The van der Waals surface area contributed by atoms with Crippen LogP contribution in [0.5, 0.6) is 0 Å². The van der Waals surface area contributed by atoms with Crippen LogP contribution < -0.4 is 21.9 Å². The number of carbonyl (C=O) groups excluding carboxylic acids is 3. The van der Waals surface area contributed by atoms with Crippen molar-refractivity contribution in [3.05, 3.63) is 52.1 Å². The first-order valence-corrected chi connectivity index (χ1v) is 9.79. The highest BCUT2D eigenvalue weighted by atomic mass is 16.6. The molecule has 34 heavy (non-hydrogen) atoms. The molecule has 0 aliphatic heterocycles. The SMILES string of the molecule is Nc1nc2ncc(CNc3ccc(C(=O)NC(CCC(=O)OC=O)C(=O)O)cc3)nc2c(=O)[nH]1. The Kier molecular flexibility index (Phi) is 7.43. The number of carboxylic acid groups (broad SMARTS) is 1. The summed E-state index contributed by atoms with van der Waals surface area (Å²) in [6.45, 7) is 0.169. The molecule has 0 aliphatic carbocycles. The third kappa shape index (κ3) is 6.09. The number of ether oxygens (including phenoxy) is 1. The van der Waals surface area contributed by atoms with Gasteiger partial charge in [-0.15, -0.1) is 0 Å². The van der Waals surface area contributed by atoms with Crippen LogP contribution in [-0.4, -0.2) is 55.4 Å². The molecule has 0 saturated carbocycles. The minimum atomic E-state index is -1.34. The molecule has 0 saturated heterocycles. The Morgan fingerprint density at radius 2 is 1.94 bits per heavy atom. The van der Waals surface area contributed by atoms with Gasteiger partial charge in [-0.2, -0.15) is 4.98 Å². The van der Waals surface area contributed by atoms with Gasteiger partial charge in [-0.3, -0.25) is 24.2 Å². The number of nitrogens with zero attached hydrogens (tertiary/aromatic N) is 3. The summed E-state index contributed by atoms with van der Waals surface area (Å²) in [5, 5.41) is 14.6. The number of amides is 1. The van der Waals surface area contributed by atoms with Crippen LogP contribution in [0.2, 0.25) is 0 Å². The van der Waals surface area contributed by atoms with Crippen molar-refractivity contribution < 1.29 is 29.0 Å². The number of carbonyl (C=O) groups is 4. The lowest BCUT2D eigenvalue weighted by Gasteiger charge is -2.14. The standard InChI is InChI=1S/C20H19N7O7/c21-20-26-16-15(18(31)27-20)24-12(8-23-16)7-22-11-3-1-10(2-4-11)17(30)25-13(19(32)33)5-6-14(29)34-9-28/h1-4,8-9,13,22H,5-7H2,(H,25,30)(H,32,33)(H3,21,23,26,27,31). The number of H-pyrrole nitrogens is 1. The highest BCUT2D eigenvalue weighted by Gasteiger charge is 2.22. The lowest BCUT2D eigenvalue weighted by molar-refractivity contribution is -0.151. The van der Waals surface area contributed by atoms with Gasteiger partial charge >= 0.3 is 18.4 Å². The number of aromatic nitrogens is 4. The summed E-state index contributed by atoms with van der Waals surface area (Å²) < 4.78 is 4.10. The van der Waals surface area contributed by atoms with Crippen LogP contribution in [0.1, 0.15) is 28.9 Å². The summed E-state index contributed by atoms with van der Waals surface area (Å²) in [7, 11) is 0. The van der Waals surface area contributed by atoms with E-state index in [1.165, 1.54) is 18.3 Å². The highest BCUT2D eigenvalue weighted by molar-refractivity contribution is 5.97. The average Bonchev–Trinajstić information content (AvgIpc) is 2.80. The number of nitrogens with two attached hydrogens (primary N) is 1. The Balaban J connectivity index is 1.59. The number of aromatic amines is 1. The van der Waals surface area contributed by atoms with E-state index in [-0.39, 0.29) is 48.5 Å². The van der Waals surface area contributed by atoms with Crippen LogP contribution in [0.3, 0.4) is 0 Å². The zero-order valence-corrected chi connectivity index (χ0v) is 17.5. The second-order valence-corrected chi connectivity index (χ2v) is 6.90. The van der Waals surface area contributed by atoms with E-state index in [2.05, 4.69) is 35.3 Å². The molecule has 1 unspecified atom stereocenters. The van der Waals surface area contributed by atoms with E-state index in [1.54, 1.807) is 12.1 Å². The summed E-state index contributed by atoms with van der Waals surface area (Å²) >= 11 is 0. The Morgan fingerprint density at radius 1 is 1.21 bits per heavy atom. The van der Waals surface area contributed by atoms with Gasteiger partial charge in [0.05, 0.1) is 18.4 Å². The molecule has 14 heteroatoms. The Hall–Kier alpha value is -4.88. The number of hydrogen-bond donors (Lipinski definition) is 5. The van der Waals surface area contributed by atoms with Gasteiger partial charge in [0, 0.05) is 17.7 Å². The van der Waals surface area contributed by atoms with E-state index in [0.717, 1.165) is 0 Å². The van der Waals surface area contributed by atoms with Crippen molar-refractivity contribution in [2.45, 2.75) is 25.4 Å². The Morgan fingerprint density at radius 3 is 2.62 bits per heavy atom. The maximum Gasteiger partial charge on any atom is 0.326 e. The predicted octanol–water partition coefficient (Wildman–Crippen LogP) is -0.430. The molecule has 14 nitrogen and oxygen atoms in total. The second-order valence-electron chi connectivity index (χ2n) is 6.90. The third-order valence-corrected chi connectivity index (χ3v) is 4.53. The fourth-order valence-corrected chi connectivity index (χ4v) is 2.86. The first-order valence-electron chi connectivity index (χ1n) is 9.79. The first-order chi connectivity index (χ1) is 16.3. The maximum atomic E-state index is 12.4. The normalized spacial score (nSPS) is 11.4. The van der Waals surface area contributed by atoms with Gasteiger partial charge < -0.3 is 26.2 Å². The van der Waals surface area contributed by atoms with Crippen LogP contribution in [0.4, 0.5) is 11.6 Å². The number of anilines is 2. The lowest BCUT2D eigenvalue weighted by Crippen LogP contribution is -2.41. The summed E-state index contributed by atoms with van der Waals surface area (Å²) in [6, 6.07) is 4.79. The van der Waals surface area contributed by atoms with Gasteiger partial charge in [-0.1, -0.05) is 0 Å². The molecule has 1 atom stereocenters. The predicted molar refractivity (Wildman–Crippen MR) is 116 cm³/mol. The van der Waals surface area contributed by atoms with Crippen molar-refractivity contribution in [1.82, 2.24) is 25.3 Å². The molecule has 2 heterocycles. The fraction of sp³-hybridized carbons (Fsp3) is 0.200. The van der Waals surface area contributed by atoms with Crippen molar-refractivity contribution in [1.29, 1.82) is 0 Å². The van der Waals surface area contributed by atoms with E-state index in [0.29, 0.717) is 11.4 Å². The number of nitrogens with one attached hydrogen (secondary N) is 3. The molecule has 2 aromatic heterocycles. The number of aliphatic carboxylic acids is 1. The van der Waals surface area contributed by atoms with Gasteiger partial charge in [0.25, 0.3) is 11.5 Å². The van der Waals surface area contributed by atoms with Crippen molar-refractivity contribution in [3.8, 4) is 0 Å². The Labute approximate surface area is 190 Å². The number of carboxylic acids is 1. The second kappa shape index (κ2) is 10.6. The van der Waals surface area contributed by atoms with E-state index in [4.69, 9.17) is 5.73 Å². The highest BCUT2D eigenvalue weighted by Crippen LogP contribution is 2.12. The number of benzene rings is 1. The molecule has 3 rings (SSSR count). The minimum absolute atomic E-state index is 0.0490. The molecule has 176 valence electrons. The zero-order valence-electron chi connectivity index (χ0n) is 17.5.